The number of piperazine rings is 1. The summed E-state index contributed by atoms with van der Waals surface area (Å²) in [4.78, 5) is 5.08. The molecule has 0 aromatic heterocycles. The lowest BCUT2D eigenvalue weighted by atomic mass is 10.00. The third kappa shape index (κ3) is 3.40. The van der Waals surface area contributed by atoms with Crippen molar-refractivity contribution in [1.29, 1.82) is 0 Å². The smallest absolute Gasteiger partial charge is 0.0449 e. The quantitative estimate of drug-likeness (QED) is 0.909. The molecule has 3 unspecified atom stereocenters. The summed E-state index contributed by atoms with van der Waals surface area (Å²) in [5.41, 5.74) is 2.80. The van der Waals surface area contributed by atoms with Gasteiger partial charge < -0.3 is 5.32 Å². The van der Waals surface area contributed by atoms with Crippen LogP contribution >= 0.6 is 0 Å². The molecule has 1 aromatic carbocycles. The second-order valence-corrected chi connectivity index (χ2v) is 6.28. The average molecular weight is 275 g/mol. The van der Waals surface area contributed by atoms with Crippen LogP contribution in [-0.4, -0.2) is 55.6 Å². The monoisotopic (exact) mass is 275 g/mol. The molecule has 1 fully saturated rings. The second kappa shape index (κ2) is 6.70. The van der Waals surface area contributed by atoms with Crippen molar-refractivity contribution < 1.29 is 0 Å². The Hall–Kier alpha value is -0.900. The van der Waals surface area contributed by atoms with Gasteiger partial charge in [0.15, 0.2) is 0 Å². The van der Waals surface area contributed by atoms with Crippen LogP contribution in [0.15, 0.2) is 24.3 Å². The predicted molar refractivity (Wildman–Crippen MR) is 86.1 cm³/mol. The molecule has 0 aliphatic carbocycles. The zero-order chi connectivity index (χ0) is 14.7. The van der Waals surface area contributed by atoms with Crippen LogP contribution in [0.3, 0.4) is 0 Å². The number of aryl methyl sites for hydroxylation is 1. The van der Waals surface area contributed by atoms with E-state index in [9.17, 15) is 0 Å². The summed E-state index contributed by atoms with van der Waals surface area (Å²) in [7, 11) is 4.31. The summed E-state index contributed by atoms with van der Waals surface area (Å²) >= 11 is 0. The minimum Gasteiger partial charge on any atom is -0.312 e. The number of nitrogens with one attached hydrogen (secondary N) is 1. The van der Waals surface area contributed by atoms with Crippen LogP contribution in [0.25, 0.3) is 0 Å². The predicted octanol–water partition coefficient (Wildman–Crippen LogP) is 2.28. The first-order valence-electron chi connectivity index (χ1n) is 7.70. The van der Waals surface area contributed by atoms with E-state index in [-0.39, 0.29) is 0 Å². The molecule has 1 N–H and O–H groups in total. The van der Waals surface area contributed by atoms with Crippen LogP contribution in [0, 0.1) is 6.92 Å². The molecule has 3 heteroatoms. The third-order valence-electron chi connectivity index (χ3n) is 4.79. The van der Waals surface area contributed by atoms with E-state index in [0.717, 1.165) is 19.6 Å². The lowest BCUT2D eigenvalue weighted by molar-refractivity contribution is 0.0547. The SMILES string of the molecule is CNC(CN1CC(C)N(C)C(C)C1)c1ccccc1C. The second-order valence-electron chi connectivity index (χ2n) is 6.28. The average Bonchev–Trinajstić information content (AvgIpc) is 2.43. The van der Waals surface area contributed by atoms with E-state index in [0.29, 0.717) is 18.1 Å². The Morgan fingerprint density at radius 2 is 1.80 bits per heavy atom. The summed E-state index contributed by atoms with van der Waals surface area (Å²) < 4.78 is 0. The van der Waals surface area contributed by atoms with Gasteiger partial charge in [0.1, 0.15) is 0 Å². The molecular weight excluding hydrogens is 246 g/mol. The molecule has 0 amide bonds. The minimum atomic E-state index is 0.416. The van der Waals surface area contributed by atoms with Gasteiger partial charge in [-0.15, -0.1) is 0 Å². The Morgan fingerprint density at radius 3 is 2.35 bits per heavy atom. The Balaban J connectivity index is 2.06. The fraction of sp³-hybridized carbons (Fsp3) is 0.647. The van der Waals surface area contributed by atoms with Gasteiger partial charge in [-0.3, -0.25) is 9.80 Å². The maximum Gasteiger partial charge on any atom is 0.0449 e. The third-order valence-corrected chi connectivity index (χ3v) is 4.79. The normalized spacial score (nSPS) is 26.6. The topological polar surface area (TPSA) is 18.5 Å². The molecule has 1 aliphatic rings. The molecule has 0 bridgehead atoms. The molecule has 0 radical (unpaired) electrons. The van der Waals surface area contributed by atoms with Gasteiger partial charge in [0.25, 0.3) is 0 Å². The van der Waals surface area contributed by atoms with Gasteiger partial charge in [0, 0.05) is 37.8 Å². The zero-order valence-electron chi connectivity index (χ0n) is 13.6. The molecule has 2 rings (SSSR count). The summed E-state index contributed by atoms with van der Waals surface area (Å²) in [6.45, 7) is 10.3. The summed E-state index contributed by atoms with van der Waals surface area (Å²) in [6.07, 6.45) is 0. The molecule has 1 aromatic rings. The molecule has 20 heavy (non-hydrogen) atoms. The number of likely N-dealkylation sites (N-methyl/N-ethyl adjacent to an activating group) is 2. The summed E-state index contributed by atoms with van der Waals surface area (Å²) in [6, 6.07) is 10.4. The number of benzene rings is 1. The van der Waals surface area contributed by atoms with Crippen molar-refractivity contribution in [3.05, 3.63) is 35.4 Å². The van der Waals surface area contributed by atoms with E-state index in [1.165, 1.54) is 11.1 Å². The van der Waals surface area contributed by atoms with Gasteiger partial charge in [-0.1, -0.05) is 24.3 Å². The lowest BCUT2D eigenvalue weighted by Crippen LogP contribution is -2.56. The van der Waals surface area contributed by atoms with E-state index < -0.39 is 0 Å². The maximum absolute atomic E-state index is 3.49. The van der Waals surface area contributed by atoms with Crippen LogP contribution in [0.4, 0.5) is 0 Å². The highest BCUT2D eigenvalue weighted by molar-refractivity contribution is 5.29. The van der Waals surface area contributed by atoms with E-state index in [1.807, 2.05) is 0 Å². The number of hydrogen-bond acceptors (Lipinski definition) is 3. The number of rotatable bonds is 4. The van der Waals surface area contributed by atoms with Gasteiger partial charge in [0.05, 0.1) is 0 Å². The molecule has 0 saturated carbocycles. The molecule has 1 heterocycles. The molecule has 112 valence electrons. The Morgan fingerprint density at radius 1 is 1.20 bits per heavy atom. The van der Waals surface area contributed by atoms with E-state index in [2.05, 4.69) is 74.2 Å². The van der Waals surface area contributed by atoms with Gasteiger partial charge >= 0.3 is 0 Å². The summed E-state index contributed by atoms with van der Waals surface area (Å²) in [5.74, 6) is 0. The molecular formula is C17H29N3. The van der Waals surface area contributed by atoms with Crippen molar-refractivity contribution in [3.8, 4) is 0 Å². The van der Waals surface area contributed by atoms with Crippen molar-refractivity contribution in [3.63, 3.8) is 0 Å². The number of hydrogen-bond donors (Lipinski definition) is 1. The van der Waals surface area contributed by atoms with E-state index in [4.69, 9.17) is 0 Å². The van der Waals surface area contributed by atoms with Gasteiger partial charge in [-0.25, -0.2) is 0 Å². The highest BCUT2D eigenvalue weighted by Crippen LogP contribution is 2.21. The van der Waals surface area contributed by atoms with Crippen LogP contribution < -0.4 is 5.32 Å². The fourth-order valence-corrected chi connectivity index (χ4v) is 3.24. The van der Waals surface area contributed by atoms with Crippen LogP contribution in [-0.2, 0) is 0 Å². The highest BCUT2D eigenvalue weighted by Gasteiger charge is 2.28. The van der Waals surface area contributed by atoms with Crippen molar-refractivity contribution in [2.45, 2.75) is 38.9 Å². The Bertz CT molecular complexity index is 420. The molecule has 3 atom stereocenters. The Labute approximate surface area is 124 Å². The maximum atomic E-state index is 3.49. The zero-order valence-corrected chi connectivity index (χ0v) is 13.6. The first kappa shape index (κ1) is 15.5. The fourth-order valence-electron chi connectivity index (χ4n) is 3.24. The summed E-state index contributed by atoms with van der Waals surface area (Å²) in [5, 5.41) is 3.49. The van der Waals surface area contributed by atoms with Crippen molar-refractivity contribution in [2.75, 3.05) is 33.7 Å². The van der Waals surface area contributed by atoms with Crippen molar-refractivity contribution in [1.82, 2.24) is 15.1 Å². The standard InChI is InChI=1S/C17H29N3/c1-13-8-6-7-9-16(13)17(18-4)12-20-10-14(2)19(5)15(3)11-20/h6-9,14-15,17-18H,10-12H2,1-5H3. The van der Waals surface area contributed by atoms with Crippen molar-refractivity contribution >= 4 is 0 Å². The molecule has 1 saturated heterocycles. The van der Waals surface area contributed by atoms with Crippen LogP contribution in [0.5, 0.6) is 0 Å². The molecule has 3 nitrogen and oxygen atoms in total. The van der Waals surface area contributed by atoms with Gasteiger partial charge in [-0.05, 0) is 46.0 Å². The van der Waals surface area contributed by atoms with E-state index >= 15 is 0 Å². The largest absolute Gasteiger partial charge is 0.312 e. The van der Waals surface area contributed by atoms with Gasteiger partial charge in [-0.2, -0.15) is 0 Å². The Kier molecular flexibility index (Phi) is 5.19. The van der Waals surface area contributed by atoms with Crippen LogP contribution in [0.1, 0.15) is 31.0 Å². The molecule has 1 aliphatic heterocycles. The van der Waals surface area contributed by atoms with E-state index in [1.54, 1.807) is 0 Å². The lowest BCUT2D eigenvalue weighted by Gasteiger charge is -2.43. The molecule has 0 spiro atoms. The number of nitrogens with zero attached hydrogens (tertiary/aromatic N) is 2. The van der Waals surface area contributed by atoms with Crippen LogP contribution in [0.2, 0.25) is 0 Å². The van der Waals surface area contributed by atoms with Crippen molar-refractivity contribution in [2.24, 2.45) is 0 Å². The first-order chi connectivity index (χ1) is 9.52. The first-order valence-corrected chi connectivity index (χ1v) is 7.70. The highest BCUT2D eigenvalue weighted by atomic mass is 15.3. The minimum absolute atomic E-state index is 0.416. The van der Waals surface area contributed by atoms with Gasteiger partial charge in [0.2, 0.25) is 0 Å².